The van der Waals surface area contributed by atoms with Crippen LogP contribution in [-0.4, -0.2) is 24.8 Å². The zero-order valence-electron chi connectivity index (χ0n) is 7.57. The lowest BCUT2D eigenvalue weighted by Gasteiger charge is -2.08. The molecule has 74 valence electrons. The van der Waals surface area contributed by atoms with Gasteiger partial charge in [-0.05, 0) is 6.92 Å². The fourth-order valence-corrected chi connectivity index (χ4v) is 1.60. The highest BCUT2D eigenvalue weighted by Crippen LogP contribution is 2.23. The van der Waals surface area contributed by atoms with E-state index in [2.05, 4.69) is 4.74 Å². The van der Waals surface area contributed by atoms with Crippen LogP contribution in [0.3, 0.4) is 0 Å². The van der Waals surface area contributed by atoms with Gasteiger partial charge in [-0.2, -0.15) is 5.26 Å². The summed E-state index contributed by atoms with van der Waals surface area (Å²) >= 11 is 0. The van der Waals surface area contributed by atoms with Crippen molar-refractivity contribution in [1.29, 1.82) is 5.26 Å². The molecule has 0 saturated carbocycles. The Bertz CT molecular complexity index is 235. The number of carbonyl (C=O) groups excluding carboxylic acids is 1. The summed E-state index contributed by atoms with van der Waals surface area (Å²) < 4.78 is 20.3. The SMILES string of the molecule is CCO[PH](=O)CC(C#N)OC(C)=O. The fourth-order valence-electron chi connectivity index (χ4n) is 0.685. The van der Waals surface area contributed by atoms with Crippen molar-refractivity contribution in [3.63, 3.8) is 0 Å². The van der Waals surface area contributed by atoms with E-state index in [0.29, 0.717) is 6.61 Å². The van der Waals surface area contributed by atoms with E-state index in [4.69, 9.17) is 9.79 Å². The molecule has 2 atom stereocenters. The molecule has 6 heteroatoms. The Labute approximate surface area is 77.5 Å². The van der Waals surface area contributed by atoms with Gasteiger partial charge < -0.3 is 9.26 Å². The molecule has 0 rings (SSSR count). The van der Waals surface area contributed by atoms with Crippen molar-refractivity contribution in [2.24, 2.45) is 0 Å². The molecule has 0 spiro atoms. The van der Waals surface area contributed by atoms with Gasteiger partial charge in [0.25, 0.3) is 0 Å². The van der Waals surface area contributed by atoms with E-state index in [-0.39, 0.29) is 6.16 Å². The van der Waals surface area contributed by atoms with Gasteiger partial charge in [-0.1, -0.05) is 0 Å². The van der Waals surface area contributed by atoms with Crippen LogP contribution in [0.2, 0.25) is 0 Å². The molecule has 0 N–H and O–H groups in total. The Kier molecular flexibility index (Phi) is 6.21. The largest absolute Gasteiger partial charge is 0.447 e. The molecule has 13 heavy (non-hydrogen) atoms. The molecular weight excluding hydrogens is 193 g/mol. The molecule has 0 aromatic rings. The van der Waals surface area contributed by atoms with E-state index >= 15 is 0 Å². The predicted octanol–water partition coefficient (Wildman–Crippen LogP) is 0.953. The minimum atomic E-state index is -2.25. The summed E-state index contributed by atoms with van der Waals surface area (Å²) in [5, 5.41) is 8.49. The first kappa shape index (κ1) is 12.2. The maximum atomic E-state index is 11.0. The van der Waals surface area contributed by atoms with E-state index in [1.807, 2.05) is 0 Å². The molecule has 5 nitrogen and oxygen atoms in total. The highest BCUT2D eigenvalue weighted by Gasteiger charge is 2.14. The molecule has 0 aliphatic carbocycles. The molecule has 0 heterocycles. The average Bonchev–Trinajstić information content (AvgIpc) is 2.02. The Morgan fingerprint density at radius 2 is 2.31 bits per heavy atom. The first-order valence-electron chi connectivity index (χ1n) is 3.82. The highest BCUT2D eigenvalue weighted by atomic mass is 31.1. The Morgan fingerprint density at radius 3 is 2.69 bits per heavy atom. The maximum Gasteiger partial charge on any atom is 0.303 e. The number of esters is 1. The van der Waals surface area contributed by atoms with Gasteiger partial charge >= 0.3 is 5.97 Å². The van der Waals surface area contributed by atoms with Crippen LogP contribution >= 0.6 is 8.03 Å². The number of nitriles is 1. The molecule has 0 aromatic carbocycles. The summed E-state index contributed by atoms with van der Waals surface area (Å²) in [4.78, 5) is 10.4. The van der Waals surface area contributed by atoms with Gasteiger partial charge in [0.2, 0.25) is 0 Å². The maximum absolute atomic E-state index is 11.0. The number of hydrogen-bond acceptors (Lipinski definition) is 5. The number of ether oxygens (including phenoxy) is 1. The molecule has 0 aromatic heterocycles. The second-order valence-electron chi connectivity index (χ2n) is 2.24. The quantitative estimate of drug-likeness (QED) is 0.493. The Morgan fingerprint density at radius 1 is 1.69 bits per heavy atom. The van der Waals surface area contributed by atoms with E-state index in [1.165, 1.54) is 6.92 Å². The predicted molar refractivity (Wildman–Crippen MR) is 46.7 cm³/mol. The van der Waals surface area contributed by atoms with Crippen LogP contribution in [0, 0.1) is 11.3 Å². The zero-order chi connectivity index (χ0) is 10.3. The summed E-state index contributed by atoms with van der Waals surface area (Å²) in [7, 11) is -2.25. The van der Waals surface area contributed by atoms with Crippen molar-refractivity contribution in [3.8, 4) is 6.07 Å². The lowest BCUT2D eigenvalue weighted by Crippen LogP contribution is -2.16. The Hall–Kier alpha value is -0.850. The molecule has 0 aliphatic rings. The first-order chi connectivity index (χ1) is 6.10. The number of carbonyl (C=O) groups is 1. The molecule has 0 bridgehead atoms. The van der Waals surface area contributed by atoms with Gasteiger partial charge in [0, 0.05) is 6.92 Å². The molecule has 0 saturated heterocycles. The molecular formula is C7H12NO4P. The normalized spacial score (nSPS) is 14.2. The lowest BCUT2D eigenvalue weighted by molar-refractivity contribution is -0.142. The van der Waals surface area contributed by atoms with E-state index < -0.39 is 20.1 Å². The standard InChI is InChI=1S/C7H12NO4P/c1-3-11-13(10)5-7(4-8)12-6(2)9/h7,13H,3,5H2,1-2H3. The lowest BCUT2D eigenvalue weighted by atomic mass is 10.4. The second-order valence-corrected chi connectivity index (χ2v) is 3.68. The van der Waals surface area contributed by atoms with Crippen molar-refractivity contribution in [2.75, 3.05) is 12.8 Å². The molecule has 0 amide bonds. The summed E-state index contributed by atoms with van der Waals surface area (Å²) in [6, 6.07) is 1.73. The van der Waals surface area contributed by atoms with Crippen molar-refractivity contribution in [3.05, 3.63) is 0 Å². The van der Waals surface area contributed by atoms with Gasteiger partial charge in [0.05, 0.1) is 12.8 Å². The number of rotatable bonds is 5. The van der Waals surface area contributed by atoms with Gasteiger partial charge in [-0.15, -0.1) is 0 Å². The van der Waals surface area contributed by atoms with Gasteiger partial charge in [-0.25, -0.2) is 0 Å². The minimum Gasteiger partial charge on any atom is -0.447 e. The van der Waals surface area contributed by atoms with Crippen molar-refractivity contribution < 1.29 is 18.6 Å². The van der Waals surface area contributed by atoms with Crippen LogP contribution in [0.4, 0.5) is 0 Å². The van der Waals surface area contributed by atoms with Crippen LogP contribution in [0.15, 0.2) is 0 Å². The molecule has 2 unspecified atom stereocenters. The second kappa shape index (κ2) is 6.64. The smallest absolute Gasteiger partial charge is 0.303 e. The third-order valence-corrected chi connectivity index (χ3v) is 2.42. The third kappa shape index (κ3) is 6.32. The number of nitrogens with zero attached hydrogens (tertiary/aromatic N) is 1. The fraction of sp³-hybridized carbons (Fsp3) is 0.714. The van der Waals surface area contributed by atoms with Crippen LogP contribution in [0.25, 0.3) is 0 Å². The molecule has 0 radical (unpaired) electrons. The van der Waals surface area contributed by atoms with E-state index in [1.54, 1.807) is 13.0 Å². The Balaban J connectivity index is 3.92. The van der Waals surface area contributed by atoms with Crippen LogP contribution in [0.1, 0.15) is 13.8 Å². The topological polar surface area (TPSA) is 76.4 Å². The summed E-state index contributed by atoms with van der Waals surface area (Å²) in [6.45, 7) is 3.23. The van der Waals surface area contributed by atoms with Gasteiger partial charge in [0.1, 0.15) is 6.07 Å². The van der Waals surface area contributed by atoms with E-state index in [9.17, 15) is 9.36 Å². The molecule has 0 fully saturated rings. The van der Waals surface area contributed by atoms with Crippen LogP contribution in [-0.2, 0) is 18.6 Å². The summed E-state index contributed by atoms with van der Waals surface area (Å²) in [6.07, 6.45) is -0.996. The summed E-state index contributed by atoms with van der Waals surface area (Å²) in [5.74, 6) is -0.558. The average molecular weight is 205 g/mol. The van der Waals surface area contributed by atoms with Crippen LogP contribution < -0.4 is 0 Å². The molecule has 0 aliphatic heterocycles. The monoisotopic (exact) mass is 205 g/mol. The van der Waals surface area contributed by atoms with Crippen molar-refractivity contribution in [1.82, 2.24) is 0 Å². The van der Waals surface area contributed by atoms with Gasteiger partial charge in [0.15, 0.2) is 14.1 Å². The highest BCUT2D eigenvalue weighted by molar-refractivity contribution is 7.39. The minimum absolute atomic E-state index is 0.0331. The van der Waals surface area contributed by atoms with Crippen LogP contribution in [0.5, 0.6) is 0 Å². The van der Waals surface area contributed by atoms with Crippen molar-refractivity contribution >= 4 is 14.0 Å². The summed E-state index contributed by atoms with van der Waals surface area (Å²) in [5.41, 5.74) is 0. The van der Waals surface area contributed by atoms with Gasteiger partial charge in [-0.3, -0.25) is 9.36 Å². The number of hydrogen-bond donors (Lipinski definition) is 0. The van der Waals surface area contributed by atoms with E-state index in [0.717, 1.165) is 0 Å². The zero-order valence-corrected chi connectivity index (χ0v) is 8.57. The third-order valence-electron chi connectivity index (χ3n) is 1.11. The van der Waals surface area contributed by atoms with Crippen molar-refractivity contribution in [2.45, 2.75) is 20.0 Å². The first-order valence-corrected chi connectivity index (χ1v) is 5.35.